The quantitative estimate of drug-likeness (QED) is 0.593. The fourth-order valence-electron chi connectivity index (χ4n) is 0.804. The van der Waals surface area contributed by atoms with Crippen molar-refractivity contribution in [2.45, 2.75) is 33.3 Å². The molecule has 0 fully saturated rings. The highest BCUT2D eigenvalue weighted by Gasteiger charge is 2.04. The maximum absolute atomic E-state index is 9.14. The highest BCUT2D eigenvalue weighted by molar-refractivity contribution is 4.53. The van der Waals surface area contributed by atoms with Crippen molar-refractivity contribution in [2.75, 3.05) is 13.1 Å². The van der Waals surface area contributed by atoms with Gasteiger partial charge in [-0.05, 0) is 19.3 Å². The predicted octanol–water partition coefficient (Wildman–Crippen LogP) is 1.10. The van der Waals surface area contributed by atoms with Crippen LogP contribution in [0, 0.1) is 5.92 Å². The summed E-state index contributed by atoms with van der Waals surface area (Å²) in [5.41, 5.74) is 0. The van der Waals surface area contributed by atoms with Crippen LogP contribution in [0.3, 0.4) is 0 Å². The first kappa shape index (κ1) is 10.9. The summed E-state index contributed by atoms with van der Waals surface area (Å²) in [6.45, 7) is 6.86. The molecule has 0 saturated carbocycles. The van der Waals surface area contributed by atoms with Crippen LogP contribution in [0.5, 0.6) is 0 Å². The average molecular weight is 161 g/mol. The molecule has 0 amide bonds. The molecule has 0 aromatic carbocycles. The summed E-state index contributed by atoms with van der Waals surface area (Å²) in [5.74, 6) is 0.596. The van der Waals surface area contributed by atoms with Crippen LogP contribution in [0.2, 0.25) is 0 Å². The number of hydroxylamine groups is 2. The number of hydrogen-bond acceptors (Lipinski definition) is 3. The van der Waals surface area contributed by atoms with E-state index in [0.717, 1.165) is 6.42 Å². The zero-order valence-electron chi connectivity index (χ0n) is 7.62. The third-order valence-corrected chi connectivity index (χ3v) is 1.44. The van der Waals surface area contributed by atoms with Gasteiger partial charge >= 0.3 is 0 Å². The monoisotopic (exact) mass is 161 g/mol. The Hall–Kier alpha value is -0.120. The van der Waals surface area contributed by atoms with Gasteiger partial charge in [0.25, 0.3) is 0 Å². The van der Waals surface area contributed by atoms with Gasteiger partial charge in [-0.3, -0.25) is 0 Å². The minimum absolute atomic E-state index is 0.340. The summed E-state index contributed by atoms with van der Waals surface area (Å²) in [6.07, 6.45) is 0.510. The molecule has 0 aromatic rings. The maximum atomic E-state index is 9.14. The first-order valence-corrected chi connectivity index (χ1v) is 4.14. The van der Waals surface area contributed by atoms with E-state index < -0.39 is 6.10 Å². The topological polar surface area (TPSA) is 43.7 Å². The Morgan fingerprint density at radius 2 is 1.82 bits per heavy atom. The third kappa shape index (κ3) is 7.78. The van der Waals surface area contributed by atoms with Crippen molar-refractivity contribution in [3.8, 4) is 0 Å². The van der Waals surface area contributed by atoms with Gasteiger partial charge in [-0.2, -0.15) is 5.06 Å². The van der Waals surface area contributed by atoms with E-state index in [1.54, 1.807) is 6.92 Å². The van der Waals surface area contributed by atoms with Crippen LogP contribution < -0.4 is 0 Å². The first-order valence-electron chi connectivity index (χ1n) is 4.14. The highest BCUT2D eigenvalue weighted by atomic mass is 16.5. The van der Waals surface area contributed by atoms with Crippen molar-refractivity contribution in [2.24, 2.45) is 5.92 Å². The highest BCUT2D eigenvalue weighted by Crippen LogP contribution is 2.00. The van der Waals surface area contributed by atoms with E-state index in [4.69, 9.17) is 10.3 Å². The number of hydrogen-bond donors (Lipinski definition) is 2. The van der Waals surface area contributed by atoms with Crippen molar-refractivity contribution < 1.29 is 10.3 Å². The van der Waals surface area contributed by atoms with E-state index in [1.807, 2.05) is 0 Å². The normalized spacial score (nSPS) is 14.5. The van der Waals surface area contributed by atoms with E-state index in [9.17, 15) is 0 Å². The van der Waals surface area contributed by atoms with E-state index in [-0.39, 0.29) is 0 Å². The van der Waals surface area contributed by atoms with Crippen LogP contribution in [0.15, 0.2) is 0 Å². The minimum atomic E-state index is -0.452. The molecule has 1 atom stereocenters. The van der Waals surface area contributed by atoms with Gasteiger partial charge in [0.15, 0.2) is 0 Å². The summed E-state index contributed by atoms with van der Waals surface area (Å²) < 4.78 is 0. The Kier molecular flexibility index (Phi) is 5.46. The molecule has 0 radical (unpaired) electrons. The van der Waals surface area contributed by atoms with Gasteiger partial charge in [0.2, 0.25) is 0 Å². The lowest BCUT2D eigenvalue weighted by Gasteiger charge is -2.16. The molecule has 0 aliphatic heterocycles. The molecular formula is C8H19NO2. The molecule has 0 rings (SSSR count). The Labute approximate surface area is 68.6 Å². The van der Waals surface area contributed by atoms with Gasteiger partial charge in [-0.25, -0.2) is 0 Å². The van der Waals surface area contributed by atoms with Gasteiger partial charge < -0.3 is 10.3 Å². The van der Waals surface area contributed by atoms with E-state index in [2.05, 4.69) is 13.8 Å². The molecular weight excluding hydrogens is 142 g/mol. The Balaban J connectivity index is 3.29. The molecule has 11 heavy (non-hydrogen) atoms. The molecule has 0 aliphatic rings. The number of rotatable bonds is 5. The fourth-order valence-corrected chi connectivity index (χ4v) is 0.804. The van der Waals surface area contributed by atoms with Crippen LogP contribution in [0.1, 0.15) is 27.2 Å². The molecule has 0 spiro atoms. The van der Waals surface area contributed by atoms with Crippen molar-refractivity contribution in [3.63, 3.8) is 0 Å². The zero-order chi connectivity index (χ0) is 8.85. The van der Waals surface area contributed by atoms with Crippen LogP contribution in [-0.2, 0) is 0 Å². The zero-order valence-corrected chi connectivity index (χ0v) is 7.62. The molecule has 1 unspecified atom stereocenters. The lowest BCUT2D eigenvalue weighted by Crippen LogP contribution is -2.29. The van der Waals surface area contributed by atoms with E-state index >= 15 is 0 Å². The Morgan fingerprint density at radius 3 is 2.18 bits per heavy atom. The standard InChI is InChI=1S/C8H19NO2/c1-7(2)4-5-9(11)6-8(3)10/h7-8,10-11H,4-6H2,1-3H3. The van der Waals surface area contributed by atoms with Gasteiger partial charge in [-0.15, -0.1) is 0 Å². The fraction of sp³-hybridized carbons (Fsp3) is 1.00. The summed E-state index contributed by atoms with van der Waals surface area (Å²) in [6, 6.07) is 0. The average Bonchev–Trinajstić information content (AvgIpc) is 1.82. The molecule has 3 nitrogen and oxygen atoms in total. The number of aliphatic hydroxyl groups excluding tert-OH is 1. The van der Waals surface area contributed by atoms with Gasteiger partial charge in [0, 0.05) is 13.1 Å². The van der Waals surface area contributed by atoms with Crippen molar-refractivity contribution in [3.05, 3.63) is 0 Å². The molecule has 68 valence electrons. The largest absolute Gasteiger partial charge is 0.392 e. The number of aliphatic hydroxyl groups is 1. The van der Waals surface area contributed by atoms with Gasteiger partial charge in [0.05, 0.1) is 6.10 Å². The van der Waals surface area contributed by atoms with Crippen LogP contribution >= 0.6 is 0 Å². The van der Waals surface area contributed by atoms with Crippen LogP contribution in [0.4, 0.5) is 0 Å². The molecule has 3 heteroatoms. The molecule has 2 N–H and O–H groups in total. The van der Waals surface area contributed by atoms with Gasteiger partial charge in [0.1, 0.15) is 0 Å². The summed E-state index contributed by atoms with van der Waals surface area (Å²) >= 11 is 0. The minimum Gasteiger partial charge on any atom is -0.392 e. The lowest BCUT2D eigenvalue weighted by atomic mass is 10.1. The summed E-state index contributed by atoms with van der Waals surface area (Å²) in [4.78, 5) is 0. The number of nitrogens with zero attached hydrogens (tertiary/aromatic N) is 1. The second-order valence-corrected chi connectivity index (χ2v) is 3.44. The van der Waals surface area contributed by atoms with Crippen LogP contribution in [0.25, 0.3) is 0 Å². The van der Waals surface area contributed by atoms with Gasteiger partial charge in [-0.1, -0.05) is 13.8 Å². The summed E-state index contributed by atoms with van der Waals surface area (Å²) in [7, 11) is 0. The van der Waals surface area contributed by atoms with Crippen LogP contribution in [-0.4, -0.2) is 34.6 Å². The Bertz CT molecular complexity index is 94.1. The molecule has 0 bridgehead atoms. The first-order chi connectivity index (χ1) is 5.02. The SMILES string of the molecule is CC(C)CCN(O)CC(C)O. The lowest BCUT2D eigenvalue weighted by molar-refractivity contribution is -0.112. The third-order valence-electron chi connectivity index (χ3n) is 1.44. The maximum Gasteiger partial charge on any atom is 0.0662 e. The molecule has 0 heterocycles. The summed E-state index contributed by atoms with van der Waals surface area (Å²) in [5, 5.41) is 19.2. The molecule has 0 aliphatic carbocycles. The molecule has 0 saturated heterocycles. The van der Waals surface area contributed by atoms with Crippen molar-refractivity contribution in [1.82, 2.24) is 5.06 Å². The van der Waals surface area contributed by atoms with Crippen molar-refractivity contribution in [1.29, 1.82) is 0 Å². The smallest absolute Gasteiger partial charge is 0.0662 e. The predicted molar refractivity (Wildman–Crippen MR) is 44.5 cm³/mol. The Morgan fingerprint density at radius 1 is 1.27 bits per heavy atom. The van der Waals surface area contributed by atoms with E-state index in [0.29, 0.717) is 19.0 Å². The molecule has 0 aromatic heterocycles. The van der Waals surface area contributed by atoms with E-state index in [1.165, 1.54) is 5.06 Å². The second kappa shape index (κ2) is 5.52. The second-order valence-electron chi connectivity index (χ2n) is 3.44. The van der Waals surface area contributed by atoms with Crippen molar-refractivity contribution >= 4 is 0 Å².